The van der Waals surface area contributed by atoms with Gasteiger partial charge in [0.05, 0.1) is 16.4 Å². The van der Waals surface area contributed by atoms with Crippen molar-refractivity contribution in [1.82, 2.24) is 0 Å². The van der Waals surface area contributed by atoms with Crippen molar-refractivity contribution < 1.29 is 24.9 Å². The average molecular weight is 268 g/mol. The molecule has 4 saturated carbocycles. The largest absolute Gasteiger partial charge is 0.481 e. The molecule has 0 radical (unpaired) electrons. The summed E-state index contributed by atoms with van der Waals surface area (Å²) in [4.78, 5) is 23.4. The van der Waals surface area contributed by atoms with Crippen LogP contribution in [0.3, 0.4) is 0 Å². The first-order valence-electron chi connectivity index (χ1n) is 6.88. The normalized spacial score (nSPS) is 51.3. The molecular formula is C14H20O5. The van der Waals surface area contributed by atoms with Crippen LogP contribution in [0.15, 0.2) is 0 Å². The summed E-state index contributed by atoms with van der Waals surface area (Å²) in [5, 5.41) is 29.9. The quantitative estimate of drug-likeness (QED) is 0.723. The Balaban J connectivity index is 2.15. The molecule has 3 N–H and O–H groups in total. The number of aliphatic hydroxyl groups is 1. The van der Waals surface area contributed by atoms with E-state index in [4.69, 9.17) is 0 Å². The number of aliphatic carboxylic acids is 2. The third kappa shape index (κ3) is 1.51. The molecule has 106 valence electrons. The molecule has 0 aromatic carbocycles. The SMILES string of the molecule is CCC12CC3(O)CC(C(=O)O)(C1)CC(C(=O)O)(C3)C2. The Labute approximate surface area is 111 Å². The van der Waals surface area contributed by atoms with Gasteiger partial charge < -0.3 is 15.3 Å². The molecule has 5 nitrogen and oxygen atoms in total. The summed E-state index contributed by atoms with van der Waals surface area (Å²) in [6.07, 6.45) is 2.93. The maximum atomic E-state index is 11.7. The molecule has 2 atom stereocenters. The third-order valence-corrected chi connectivity index (χ3v) is 5.80. The predicted molar refractivity (Wildman–Crippen MR) is 65.5 cm³/mol. The van der Waals surface area contributed by atoms with Gasteiger partial charge in [0.15, 0.2) is 0 Å². The van der Waals surface area contributed by atoms with Crippen molar-refractivity contribution in [3.63, 3.8) is 0 Å². The Kier molecular flexibility index (Phi) is 2.25. The molecule has 0 aromatic rings. The fourth-order valence-electron chi connectivity index (χ4n) is 5.62. The van der Waals surface area contributed by atoms with Crippen molar-refractivity contribution in [1.29, 1.82) is 0 Å². The highest BCUT2D eigenvalue weighted by atomic mass is 16.4. The van der Waals surface area contributed by atoms with Crippen molar-refractivity contribution >= 4 is 11.9 Å². The van der Waals surface area contributed by atoms with Gasteiger partial charge in [-0.2, -0.15) is 0 Å². The molecule has 2 unspecified atom stereocenters. The van der Waals surface area contributed by atoms with Crippen molar-refractivity contribution in [2.75, 3.05) is 0 Å². The zero-order valence-electron chi connectivity index (χ0n) is 11.1. The van der Waals surface area contributed by atoms with Crippen LogP contribution in [0, 0.1) is 16.2 Å². The highest BCUT2D eigenvalue weighted by Gasteiger charge is 2.71. The van der Waals surface area contributed by atoms with Gasteiger partial charge >= 0.3 is 11.9 Å². The van der Waals surface area contributed by atoms with E-state index in [1.165, 1.54) is 0 Å². The Morgan fingerprint density at radius 3 is 1.74 bits per heavy atom. The number of carboxylic acid groups (broad SMARTS) is 2. The summed E-state index contributed by atoms with van der Waals surface area (Å²) < 4.78 is 0. The number of hydrogen-bond donors (Lipinski definition) is 3. The van der Waals surface area contributed by atoms with Gasteiger partial charge in [0.1, 0.15) is 0 Å². The molecule has 0 saturated heterocycles. The lowest BCUT2D eigenvalue weighted by atomic mass is 9.37. The number of carboxylic acids is 2. The van der Waals surface area contributed by atoms with Crippen LogP contribution in [0.4, 0.5) is 0 Å². The van der Waals surface area contributed by atoms with Gasteiger partial charge in [0.2, 0.25) is 0 Å². The topological polar surface area (TPSA) is 94.8 Å². The van der Waals surface area contributed by atoms with Crippen molar-refractivity contribution in [2.45, 2.75) is 57.5 Å². The monoisotopic (exact) mass is 268 g/mol. The molecule has 0 spiro atoms. The summed E-state index contributed by atoms with van der Waals surface area (Å²) in [6, 6.07) is 0. The van der Waals surface area contributed by atoms with E-state index >= 15 is 0 Å². The smallest absolute Gasteiger partial charge is 0.309 e. The van der Waals surface area contributed by atoms with E-state index in [1.807, 2.05) is 6.92 Å². The van der Waals surface area contributed by atoms with Crippen molar-refractivity contribution in [3.05, 3.63) is 0 Å². The lowest BCUT2D eigenvalue weighted by molar-refractivity contribution is -0.242. The molecule has 4 bridgehead atoms. The lowest BCUT2D eigenvalue weighted by Gasteiger charge is -2.66. The zero-order chi connectivity index (χ0) is 14.1. The van der Waals surface area contributed by atoms with E-state index in [2.05, 4.69) is 0 Å². The summed E-state index contributed by atoms with van der Waals surface area (Å²) in [7, 11) is 0. The van der Waals surface area contributed by atoms with Crippen LogP contribution in [0.2, 0.25) is 0 Å². The maximum absolute atomic E-state index is 11.7. The molecule has 4 aliphatic carbocycles. The highest BCUT2D eigenvalue weighted by molar-refractivity contribution is 5.81. The van der Waals surface area contributed by atoms with Gasteiger partial charge in [-0.15, -0.1) is 0 Å². The average Bonchev–Trinajstić information content (AvgIpc) is 2.25. The van der Waals surface area contributed by atoms with Gasteiger partial charge in [-0.3, -0.25) is 9.59 Å². The standard InChI is InChI=1S/C14H20O5/c1-2-11-3-12(9(15)16)6-13(4-11,10(17)18)8-14(19,5-11)7-12/h19H,2-8H2,1H3,(H,15,16)(H,17,18). The van der Waals surface area contributed by atoms with E-state index in [0.717, 1.165) is 6.42 Å². The first kappa shape index (κ1) is 12.9. The van der Waals surface area contributed by atoms with Crippen LogP contribution in [0.5, 0.6) is 0 Å². The Bertz CT molecular complexity index is 438. The summed E-state index contributed by atoms with van der Waals surface area (Å²) in [6.45, 7) is 1.97. The minimum Gasteiger partial charge on any atom is -0.481 e. The van der Waals surface area contributed by atoms with Gasteiger partial charge in [-0.25, -0.2) is 0 Å². The van der Waals surface area contributed by atoms with E-state index in [-0.39, 0.29) is 24.7 Å². The Hall–Kier alpha value is -1.10. The lowest BCUT2D eigenvalue weighted by Crippen LogP contribution is -2.67. The van der Waals surface area contributed by atoms with Crippen molar-refractivity contribution in [3.8, 4) is 0 Å². The first-order chi connectivity index (χ1) is 8.69. The number of carbonyl (C=O) groups is 2. The molecule has 0 aromatic heterocycles. The molecule has 4 aliphatic rings. The molecule has 5 heteroatoms. The van der Waals surface area contributed by atoms with Crippen LogP contribution in [-0.2, 0) is 9.59 Å². The molecule has 4 rings (SSSR count). The van der Waals surface area contributed by atoms with E-state index in [1.54, 1.807) is 0 Å². The van der Waals surface area contributed by atoms with Crippen LogP contribution in [-0.4, -0.2) is 32.9 Å². The fourth-order valence-corrected chi connectivity index (χ4v) is 5.62. The van der Waals surface area contributed by atoms with Crippen LogP contribution >= 0.6 is 0 Å². The molecule has 4 fully saturated rings. The van der Waals surface area contributed by atoms with Crippen molar-refractivity contribution in [2.24, 2.45) is 16.2 Å². The fraction of sp³-hybridized carbons (Fsp3) is 0.857. The minimum atomic E-state index is -1.11. The third-order valence-electron chi connectivity index (χ3n) is 5.80. The zero-order valence-corrected chi connectivity index (χ0v) is 11.1. The van der Waals surface area contributed by atoms with Crippen LogP contribution < -0.4 is 0 Å². The second kappa shape index (κ2) is 3.32. The molecule has 19 heavy (non-hydrogen) atoms. The van der Waals surface area contributed by atoms with Crippen LogP contribution in [0.1, 0.15) is 51.9 Å². The molecular weight excluding hydrogens is 248 g/mol. The molecule has 0 heterocycles. The predicted octanol–water partition coefficient (Wildman–Crippen LogP) is 1.64. The highest BCUT2D eigenvalue weighted by Crippen LogP contribution is 2.71. The second-order valence-electron chi connectivity index (χ2n) is 7.31. The van der Waals surface area contributed by atoms with E-state index in [0.29, 0.717) is 19.3 Å². The number of rotatable bonds is 3. The summed E-state index contributed by atoms with van der Waals surface area (Å²) in [5.74, 6) is -1.87. The second-order valence-corrected chi connectivity index (χ2v) is 7.31. The first-order valence-corrected chi connectivity index (χ1v) is 6.88. The van der Waals surface area contributed by atoms with Gasteiger partial charge in [0, 0.05) is 0 Å². The Morgan fingerprint density at radius 1 is 0.895 bits per heavy atom. The minimum absolute atomic E-state index is 0.175. The van der Waals surface area contributed by atoms with E-state index < -0.39 is 28.4 Å². The molecule has 0 aliphatic heterocycles. The van der Waals surface area contributed by atoms with Crippen LogP contribution in [0.25, 0.3) is 0 Å². The van der Waals surface area contributed by atoms with Gasteiger partial charge in [0.25, 0.3) is 0 Å². The molecule has 0 amide bonds. The Morgan fingerprint density at radius 2 is 1.37 bits per heavy atom. The summed E-state index contributed by atoms with van der Waals surface area (Å²) in [5.41, 5.74) is -3.52. The van der Waals surface area contributed by atoms with Gasteiger partial charge in [-0.05, 0) is 43.9 Å². The maximum Gasteiger partial charge on any atom is 0.309 e. The van der Waals surface area contributed by atoms with Gasteiger partial charge in [-0.1, -0.05) is 13.3 Å². The van der Waals surface area contributed by atoms with E-state index in [9.17, 15) is 24.9 Å². The summed E-state index contributed by atoms with van der Waals surface area (Å²) >= 11 is 0. The number of hydrogen-bond acceptors (Lipinski definition) is 3.